The Morgan fingerprint density at radius 1 is 1.03 bits per heavy atom. The predicted octanol–water partition coefficient (Wildman–Crippen LogP) is 4.64. The van der Waals surface area contributed by atoms with Crippen molar-refractivity contribution in [3.05, 3.63) is 65.5 Å². The lowest BCUT2D eigenvalue weighted by Gasteiger charge is -2.48. The van der Waals surface area contributed by atoms with Crippen LogP contribution in [0.15, 0.2) is 48.5 Å². The Hall–Kier alpha value is -3.22. The molecule has 6 nitrogen and oxygen atoms in total. The normalized spacial score (nSPS) is 23.1. The van der Waals surface area contributed by atoms with Crippen LogP contribution in [-0.2, 0) is 14.3 Å². The quantitative estimate of drug-likeness (QED) is 0.584. The number of hydrogen-bond acceptors (Lipinski definition) is 4. The molecule has 1 heterocycles. The summed E-state index contributed by atoms with van der Waals surface area (Å²) in [5, 5.41) is 0. The van der Waals surface area contributed by atoms with Gasteiger partial charge in [-0.3, -0.25) is 14.4 Å². The van der Waals surface area contributed by atoms with Crippen LogP contribution in [0, 0.1) is 11.7 Å². The van der Waals surface area contributed by atoms with Crippen molar-refractivity contribution in [2.24, 2.45) is 5.92 Å². The van der Waals surface area contributed by atoms with E-state index >= 15 is 0 Å². The average Bonchev–Trinajstić information content (AvgIpc) is 3.57. The van der Waals surface area contributed by atoms with Crippen molar-refractivity contribution in [3.63, 3.8) is 0 Å². The molecule has 3 aliphatic rings. The van der Waals surface area contributed by atoms with Gasteiger partial charge in [-0.1, -0.05) is 30.7 Å². The second kappa shape index (κ2) is 9.20. The molecule has 3 atom stereocenters. The van der Waals surface area contributed by atoms with E-state index in [4.69, 9.17) is 4.74 Å². The van der Waals surface area contributed by atoms with Crippen LogP contribution >= 0.6 is 0 Å². The number of methoxy groups -OCH3 is 1. The summed E-state index contributed by atoms with van der Waals surface area (Å²) in [5.74, 6) is -0.976. The maximum Gasteiger partial charge on any atom is 0.306 e. The number of amides is 2. The van der Waals surface area contributed by atoms with Crippen LogP contribution < -0.4 is 4.90 Å². The highest BCUT2D eigenvalue weighted by Crippen LogP contribution is 2.53. The molecule has 2 aliphatic carbocycles. The standard InChI is InChI=1S/C27H29FN2O4/c1-34-25(32)15-14-24(31)29(19-11-12-19)26-20-8-5-9-22(20)30(23-16-18(28)10-13-21(23)26)27(33)17-6-3-2-4-7-17/h2-4,6-7,10,13,16,19-20,22,26H,5,8-9,11-12,14-15H2,1H3/t20-,22+,26+/m0/s1. The zero-order chi connectivity index (χ0) is 23.8. The number of rotatable bonds is 6. The lowest BCUT2D eigenvalue weighted by atomic mass is 9.81. The van der Waals surface area contributed by atoms with Crippen LogP contribution in [0.3, 0.4) is 0 Å². The first-order chi connectivity index (χ1) is 16.5. The molecule has 2 aromatic carbocycles. The minimum absolute atomic E-state index is 0.0360. The molecule has 7 heteroatoms. The van der Waals surface area contributed by atoms with Crippen molar-refractivity contribution in [3.8, 4) is 0 Å². The Balaban J connectivity index is 1.56. The number of anilines is 1. The second-order valence-corrected chi connectivity index (χ2v) is 9.46. The van der Waals surface area contributed by atoms with Gasteiger partial charge in [0.2, 0.25) is 5.91 Å². The third-order valence-corrected chi connectivity index (χ3v) is 7.38. The van der Waals surface area contributed by atoms with E-state index in [1.54, 1.807) is 23.1 Å². The highest BCUT2D eigenvalue weighted by atomic mass is 19.1. The van der Waals surface area contributed by atoms with Crippen LogP contribution in [0.25, 0.3) is 0 Å². The summed E-state index contributed by atoms with van der Waals surface area (Å²) in [6.45, 7) is 0. The fourth-order valence-electron chi connectivity index (χ4n) is 5.76. The molecule has 34 heavy (non-hydrogen) atoms. The largest absolute Gasteiger partial charge is 0.469 e. The number of benzene rings is 2. The third kappa shape index (κ3) is 4.08. The minimum atomic E-state index is -0.409. The SMILES string of the molecule is COC(=O)CCC(=O)N(C1CC1)[C@H]1c2ccc(F)cc2N(C(=O)c2ccccc2)[C@@H]2CCC[C@@H]21. The number of hydrogen-bond donors (Lipinski definition) is 0. The fraction of sp³-hybridized carbons (Fsp3) is 0.444. The van der Waals surface area contributed by atoms with Gasteiger partial charge in [0.15, 0.2) is 0 Å². The summed E-state index contributed by atoms with van der Waals surface area (Å²) in [4.78, 5) is 42.5. The number of halogens is 1. The monoisotopic (exact) mass is 464 g/mol. The number of carbonyl (C=O) groups excluding carboxylic acids is 3. The van der Waals surface area contributed by atoms with E-state index in [-0.39, 0.29) is 48.7 Å². The molecule has 2 saturated carbocycles. The van der Waals surface area contributed by atoms with Crippen molar-refractivity contribution in [1.82, 2.24) is 4.90 Å². The molecule has 178 valence electrons. The molecule has 1 aliphatic heterocycles. The van der Waals surface area contributed by atoms with Crippen LogP contribution in [0.5, 0.6) is 0 Å². The van der Waals surface area contributed by atoms with Gasteiger partial charge in [-0.15, -0.1) is 0 Å². The summed E-state index contributed by atoms with van der Waals surface area (Å²) >= 11 is 0. The van der Waals surface area contributed by atoms with Gasteiger partial charge in [-0.2, -0.15) is 0 Å². The molecule has 5 rings (SSSR count). The summed E-state index contributed by atoms with van der Waals surface area (Å²) < 4.78 is 19.2. The second-order valence-electron chi connectivity index (χ2n) is 9.46. The molecule has 2 fully saturated rings. The van der Waals surface area contributed by atoms with Gasteiger partial charge >= 0.3 is 5.97 Å². The van der Waals surface area contributed by atoms with Crippen LogP contribution in [0.4, 0.5) is 10.1 Å². The van der Waals surface area contributed by atoms with Crippen LogP contribution in [-0.4, -0.2) is 41.9 Å². The number of nitrogens with zero attached hydrogens (tertiary/aromatic N) is 2. The van der Waals surface area contributed by atoms with Crippen LogP contribution in [0.1, 0.15) is 66.9 Å². The Morgan fingerprint density at radius 3 is 2.50 bits per heavy atom. The third-order valence-electron chi connectivity index (χ3n) is 7.38. The smallest absolute Gasteiger partial charge is 0.306 e. The van der Waals surface area contributed by atoms with Crippen molar-refractivity contribution >= 4 is 23.5 Å². The van der Waals surface area contributed by atoms with Gasteiger partial charge in [0.25, 0.3) is 5.91 Å². The van der Waals surface area contributed by atoms with Gasteiger partial charge < -0.3 is 14.5 Å². The highest BCUT2D eigenvalue weighted by Gasteiger charge is 2.51. The topological polar surface area (TPSA) is 66.9 Å². The number of esters is 1. The summed E-state index contributed by atoms with van der Waals surface area (Å²) in [6, 6.07) is 13.4. The van der Waals surface area contributed by atoms with Crippen molar-refractivity contribution in [2.75, 3.05) is 12.0 Å². The number of ether oxygens (including phenoxy) is 1. The number of carbonyl (C=O) groups is 3. The molecule has 2 aromatic rings. The first-order valence-electron chi connectivity index (χ1n) is 12.1. The van der Waals surface area contributed by atoms with Gasteiger partial charge in [0, 0.05) is 30.0 Å². The van der Waals surface area contributed by atoms with Crippen molar-refractivity contribution in [2.45, 2.75) is 63.1 Å². The maximum absolute atomic E-state index is 14.5. The molecular formula is C27H29FN2O4. The van der Waals surface area contributed by atoms with Gasteiger partial charge in [0.1, 0.15) is 5.82 Å². The fourth-order valence-corrected chi connectivity index (χ4v) is 5.76. The zero-order valence-corrected chi connectivity index (χ0v) is 19.3. The molecule has 0 bridgehead atoms. The maximum atomic E-state index is 14.5. The van der Waals surface area contributed by atoms with Crippen LogP contribution in [0.2, 0.25) is 0 Å². The summed E-state index contributed by atoms with van der Waals surface area (Å²) in [5.41, 5.74) is 1.93. The summed E-state index contributed by atoms with van der Waals surface area (Å²) in [7, 11) is 1.32. The lowest BCUT2D eigenvalue weighted by Crippen LogP contribution is -2.53. The zero-order valence-electron chi connectivity index (χ0n) is 19.3. The van der Waals surface area contributed by atoms with E-state index < -0.39 is 11.8 Å². The lowest BCUT2D eigenvalue weighted by molar-refractivity contribution is -0.145. The molecule has 0 N–H and O–H groups in total. The van der Waals surface area contributed by atoms with Gasteiger partial charge in [-0.05, 0) is 55.5 Å². The summed E-state index contributed by atoms with van der Waals surface area (Å²) in [6.07, 6.45) is 4.59. The van der Waals surface area contributed by atoms with Gasteiger partial charge in [-0.25, -0.2) is 4.39 Å². The average molecular weight is 465 g/mol. The van der Waals surface area contributed by atoms with E-state index in [9.17, 15) is 18.8 Å². The van der Waals surface area contributed by atoms with Crippen molar-refractivity contribution in [1.29, 1.82) is 0 Å². The minimum Gasteiger partial charge on any atom is -0.469 e. The van der Waals surface area contributed by atoms with E-state index in [1.807, 2.05) is 23.1 Å². The van der Waals surface area contributed by atoms with E-state index in [1.165, 1.54) is 19.2 Å². The van der Waals surface area contributed by atoms with E-state index in [0.29, 0.717) is 11.3 Å². The number of fused-ring (bicyclic) bond motifs is 2. The Morgan fingerprint density at radius 2 is 1.79 bits per heavy atom. The predicted molar refractivity (Wildman–Crippen MR) is 125 cm³/mol. The molecule has 0 spiro atoms. The molecule has 0 radical (unpaired) electrons. The first kappa shape index (κ1) is 22.6. The van der Waals surface area contributed by atoms with E-state index in [0.717, 1.165) is 37.7 Å². The Bertz CT molecular complexity index is 1100. The molecule has 0 aromatic heterocycles. The van der Waals surface area contributed by atoms with Gasteiger partial charge in [0.05, 0.1) is 25.3 Å². The Labute approximate surface area is 198 Å². The Kier molecular flexibility index (Phi) is 6.11. The molecule has 2 amide bonds. The van der Waals surface area contributed by atoms with E-state index in [2.05, 4.69) is 0 Å². The van der Waals surface area contributed by atoms with Crippen molar-refractivity contribution < 1.29 is 23.5 Å². The molecule has 0 unspecified atom stereocenters. The highest BCUT2D eigenvalue weighted by molar-refractivity contribution is 6.07. The molecular weight excluding hydrogens is 435 g/mol. The first-order valence-corrected chi connectivity index (χ1v) is 12.1. The molecule has 0 saturated heterocycles.